The Bertz CT molecular complexity index is 1510. The number of fused-ring (bicyclic) bond motifs is 1. The highest BCUT2D eigenvalue weighted by atomic mass is 16.1. The molecule has 5 aromatic rings. The van der Waals surface area contributed by atoms with Gasteiger partial charge in [-0.25, -0.2) is 4.98 Å². The highest BCUT2D eigenvalue weighted by molar-refractivity contribution is 6.00. The molecule has 3 aromatic heterocycles. The quantitative estimate of drug-likeness (QED) is 0.348. The lowest BCUT2D eigenvalue weighted by Crippen LogP contribution is -2.31. The third-order valence-electron chi connectivity index (χ3n) is 6.04. The third-order valence-corrected chi connectivity index (χ3v) is 6.04. The summed E-state index contributed by atoms with van der Waals surface area (Å²) in [4.78, 5) is 18.2. The summed E-state index contributed by atoms with van der Waals surface area (Å²) in [6.45, 7) is 0.610. The Morgan fingerprint density at radius 2 is 1.86 bits per heavy atom. The molecule has 0 aliphatic carbocycles. The molecule has 7 heteroatoms. The number of pyridine rings is 1. The van der Waals surface area contributed by atoms with E-state index >= 15 is 0 Å². The van der Waals surface area contributed by atoms with Crippen molar-refractivity contribution < 1.29 is 4.79 Å². The fourth-order valence-electron chi connectivity index (χ4n) is 4.17. The minimum absolute atomic E-state index is 0.0438. The average molecular weight is 461 g/mol. The first-order valence-electron chi connectivity index (χ1n) is 11.4. The number of carbonyl (C=O) groups is 1. The van der Waals surface area contributed by atoms with E-state index < -0.39 is 6.04 Å². The molecular formula is C28H24N6O. The van der Waals surface area contributed by atoms with Crippen LogP contribution in [0.2, 0.25) is 0 Å². The van der Waals surface area contributed by atoms with Gasteiger partial charge < -0.3 is 5.32 Å². The molecule has 172 valence electrons. The maximum Gasteiger partial charge on any atom is 0.202 e. The number of hydrogen-bond donors (Lipinski definition) is 1. The van der Waals surface area contributed by atoms with Crippen molar-refractivity contribution in [1.82, 2.24) is 24.5 Å². The van der Waals surface area contributed by atoms with Crippen LogP contribution in [0, 0.1) is 11.3 Å². The fourth-order valence-corrected chi connectivity index (χ4v) is 4.17. The molecule has 3 heterocycles. The van der Waals surface area contributed by atoms with Crippen LogP contribution in [0.15, 0.2) is 91.5 Å². The molecule has 0 saturated heterocycles. The second-order valence-electron chi connectivity index (χ2n) is 8.41. The number of Topliss-reactive ketones (excluding diaryl/α,β-unsaturated/α-hetero) is 1. The molecular weight excluding hydrogens is 436 g/mol. The summed E-state index contributed by atoms with van der Waals surface area (Å²) in [6, 6.07) is 22.8. The van der Waals surface area contributed by atoms with Gasteiger partial charge in [0.25, 0.3) is 0 Å². The number of rotatable bonds is 8. The van der Waals surface area contributed by atoms with E-state index in [1.54, 1.807) is 10.9 Å². The number of hydrogen-bond acceptors (Lipinski definition) is 5. The zero-order valence-corrected chi connectivity index (χ0v) is 19.3. The smallest absolute Gasteiger partial charge is 0.202 e. The van der Waals surface area contributed by atoms with Gasteiger partial charge in [-0.3, -0.25) is 13.9 Å². The van der Waals surface area contributed by atoms with E-state index in [-0.39, 0.29) is 5.78 Å². The largest absolute Gasteiger partial charge is 0.303 e. The predicted molar refractivity (Wildman–Crippen MR) is 134 cm³/mol. The molecule has 0 aliphatic heterocycles. The Morgan fingerprint density at radius 1 is 1.06 bits per heavy atom. The summed E-state index contributed by atoms with van der Waals surface area (Å²) in [5.41, 5.74) is 5.87. The van der Waals surface area contributed by atoms with Gasteiger partial charge in [0.1, 0.15) is 11.3 Å². The van der Waals surface area contributed by atoms with E-state index in [1.165, 1.54) is 0 Å². The zero-order valence-electron chi connectivity index (χ0n) is 19.3. The second-order valence-corrected chi connectivity index (χ2v) is 8.41. The van der Waals surface area contributed by atoms with Crippen LogP contribution in [-0.4, -0.2) is 31.5 Å². The fraction of sp³-hybridized carbons (Fsp3) is 0.143. The van der Waals surface area contributed by atoms with Crippen molar-refractivity contribution in [1.29, 1.82) is 5.26 Å². The summed E-state index contributed by atoms with van der Waals surface area (Å²) in [5, 5.41) is 16.7. The van der Waals surface area contributed by atoms with Gasteiger partial charge in [-0.05, 0) is 47.4 Å². The number of carbonyl (C=O) groups excluding carboxylic acids is 1. The van der Waals surface area contributed by atoms with Crippen molar-refractivity contribution in [2.24, 2.45) is 7.05 Å². The van der Waals surface area contributed by atoms with Gasteiger partial charge >= 0.3 is 0 Å². The van der Waals surface area contributed by atoms with Crippen molar-refractivity contribution in [3.63, 3.8) is 0 Å². The van der Waals surface area contributed by atoms with Gasteiger partial charge in [0, 0.05) is 31.5 Å². The van der Waals surface area contributed by atoms with Crippen molar-refractivity contribution in [2.45, 2.75) is 12.5 Å². The SMILES string of the molecule is Cn1cc(-c2ccn3c(C(=O)[C@H](NCCc4ccc(C#N)cc4)c4ccccc4)cnc3c2)cn1. The third kappa shape index (κ3) is 4.74. The second kappa shape index (κ2) is 9.75. The average Bonchev–Trinajstić information content (AvgIpc) is 3.53. The molecule has 0 unspecified atom stereocenters. The summed E-state index contributed by atoms with van der Waals surface area (Å²) in [5.74, 6) is -0.0438. The Hall–Kier alpha value is -4.54. The number of nitrogens with one attached hydrogen (secondary N) is 1. The Morgan fingerprint density at radius 3 is 2.57 bits per heavy atom. The van der Waals surface area contributed by atoms with E-state index in [1.807, 2.05) is 96.8 Å². The first-order chi connectivity index (χ1) is 17.1. The minimum atomic E-state index is -0.507. The lowest BCUT2D eigenvalue weighted by Gasteiger charge is -2.18. The minimum Gasteiger partial charge on any atom is -0.303 e. The number of nitrogens with zero attached hydrogens (tertiary/aromatic N) is 5. The van der Waals surface area contributed by atoms with E-state index in [2.05, 4.69) is 21.5 Å². The Labute approximate surface area is 203 Å². The molecule has 0 spiro atoms. The van der Waals surface area contributed by atoms with Crippen LogP contribution in [0.25, 0.3) is 16.8 Å². The number of ketones is 1. The van der Waals surface area contributed by atoms with E-state index in [0.717, 1.165) is 28.7 Å². The predicted octanol–water partition coefficient (Wildman–Crippen LogP) is 4.36. The van der Waals surface area contributed by atoms with Gasteiger partial charge in [0.05, 0.1) is 30.1 Å². The standard InChI is InChI=1S/C28H24N6O/c1-33-19-24(17-32-33)23-12-14-34-25(18-31-26(34)15-23)28(35)27(22-5-3-2-4-6-22)30-13-11-20-7-9-21(16-29)10-8-20/h2-10,12,14-15,17-19,27,30H,11,13H2,1H3/t27-/m1/s1. The molecule has 5 rings (SSSR count). The molecule has 0 saturated carbocycles. The van der Waals surface area contributed by atoms with Crippen LogP contribution in [0.4, 0.5) is 0 Å². The highest BCUT2D eigenvalue weighted by Gasteiger charge is 2.24. The van der Waals surface area contributed by atoms with Crippen LogP contribution in [0.5, 0.6) is 0 Å². The van der Waals surface area contributed by atoms with Gasteiger partial charge in [-0.15, -0.1) is 0 Å². The van der Waals surface area contributed by atoms with Crippen LogP contribution in [0.1, 0.15) is 33.2 Å². The summed E-state index contributed by atoms with van der Waals surface area (Å²) >= 11 is 0. The molecule has 0 aliphatic rings. The first-order valence-corrected chi connectivity index (χ1v) is 11.4. The van der Waals surface area contributed by atoms with Gasteiger partial charge in [0.2, 0.25) is 5.78 Å². The van der Waals surface area contributed by atoms with Gasteiger partial charge in [-0.1, -0.05) is 42.5 Å². The van der Waals surface area contributed by atoms with Crippen LogP contribution in [0.3, 0.4) is 0 Å². The molecule has 1 N–H and O–H groups in total. The van der Waals surface area contributed by atoms with E-state index in [9.17, 15) is 4.79 Å². The highest BCUT2D eigenvalue weighted by Crippen LogP contribution is 2.23. The summed E-state index contributed by atoms with van der Waals surface area (Å²) < 4.78 is 3.59. The molecule has 35 heavy (non-hydrogen) atoms. The molecule has 1 atom stereocenters. The van der Waals surface area contributed by atoms with Crippen LogP contribution < -0.4 is 5.32 Å². The Balaban J connectivity index is 1.39. The van der Waals surface area contributed by atoms with Gasteiger partial charge in [0.15, 0.2) is 0 Å². The van der Waals surface area contributed by atoms with Gasteiger partial charge in [-0.2, -0.15) is 10.4 Å². The number of benzene rings is 2. The monoisotopic (exact) mass is 460 g/mol. The number of aryl methyl sites for hydroxylation is 1. The number of nitriles is 1. The lowest BCUT2D eigenvalue weighted by molar-refractivity contribution is 0.0937. The Kier molecular flexibility index (Phi) is 6.20. The maximum absolute atomic E-state index is 13.7. The van der Waals surface area contributed by atoms with E-state index in [0.29, 0.717) is 23.4 Å². The summed E-state index contributed by atoms with van der Waals surface area (Å²) in [7, 11) is 1.88. The lowest BCUT2D eigenvalue weighted by atomic mass is 10.00. The maximum atomic E-state index is 13.7. The number of aromatic nitrogens is 4. The molecule has 0 fully saturated rings. The molecule has 2 aromatic carbocycles. The molecule has 7 nitrogen and oxygen atoms in total. The van der Waals surface area contributed by atoms with Crippen LogP contribution in [-0.2, 0) is 13.5 Å². The zero-order chi connectivity index (χ0) is 24.2. The normalized spacial score (nSPS) is 11.9. The van der Waals surface area contributed by atoms with Crippen molar-refractivity contribution >= 4 is 11.4 Å². The molecule has 0 bridgehead atoms. The van der Waals surface area contributed by atoms with Crippen LogP contribution >= 0.6 is 0 Å². The van der Waals surface area contributed by atoms with Crippen molar-refractivity contribution in [2.75, 3.05) is 6.54 Å². The topological polar surface area (TPSA) is 88.0 Å². The van der Waals surface area contributed by atoms with Crippen molar-refractivity contribution in [3.05, 3.63) is 114 Å². The van der Waals surface area contributed by atoms with E-state index in [4.69, 9.17) is 5.26 Å². The van der Waals surface area contributed by atoms with Crippen molar-refractivity contribution in [3.8, 4) is 17.2 Å². The number of imidazole rings is 1. The molecule has 0 amide bonds. The molecule has 0 radical (unpaired) electrons. The first kappa shape index (κ1) is 22.3. The summed E-state index contributed by atoms with van der Waals surface area (Å²) in [6.07, 6.45) is 8.03.